The summed E-state index contributed by atoms with van der Waals surface area (Å²) >= 11 is 0. The minimum absolute atomic E-state index is 0.449. The van der Waals surface area contributed by atoms with Crippen LogP contribution in [0.25, 0.3) is 0 Å². The van der Waals surface area contributed by atoms with Gasteiger partial charge in [-0.1, -0.05) is 19.1 Å². The van der Waals surface area contributed by atoms with Gasteiger partial charge in [0.1, 0.15) is 6.10 Å². The SMILES string of the molecule is CCc1ccc(CC(O)c2cccc(OC)n2)nc1. The highest BCUT2D eigenvalue weighted by atomic mass is 16.5. The van der Waals surface area contributed by atoms with E-state index in [0.29, 0.717) is 18.0 Å². The minimum Gasteiger partial charge on any atom is -0.481 e. The average Bonchev–Trinajstić information content (AvgIpc) is 2.48. The summed E-state index contributed by atoms with van der Waals surface area (Å²) in [5.41, 5.74) is 2.65. The standard InChI is InChI=1S/C15H18N2O2/c1-3-11-7-8-12(16-10-11)9-14(18)13-5-4-6-15(17-13)19-2/h4-8,10,14,18H,3,9H2,1-2H3. The zero-order chi connectivity index (χ0) is 13.7. The fourth-order valence-electron chi connectivity index (χ4n) is 1.82. The Kier molecular flexibility index (Phi) is 4.47. The third-order valence-electron chi connectivity index (χ3n) is 2.99. The van der Waals surface area contributed by atoms with Crippen molar-refractivity contribution in [2.75, 3.05) is 7.11 Å². The van der Waals surface area contributed by atoms with Crippen molar-refractivity contribution in [3.8, 4) is 5.88 Å². The summed E-state index contributed by atoms with van der Waals surface area (Å²) in [6, 6.07) is 9.34. The Labute approximate surface area is 113 Å². The van der Waals surface area contributed by atoms with E-state index in [2.05, 4.69) is 16.9 Å². The van der Waals surface area contributed by atoms with Gasteiger partial charge in [-0.25, -0.2) is 4.98 Å². The van der Waals surface area contributed by atoms with Crippen LogP contribution in [0.5, 0.6) is 5.88 Å². The van der Waals surface area contributed by atoms with E-state index in [1.807, 2.05) is 24.4 Å². The minimum atomic E-state index is -0.671. The van der Waals surface area contributed by atoms with Crippen molar-refractivity contribution in [3.05, 3.63) is 53.5 Å². The highest BCUT2D eigenvalue weighted by molar-refractivity contribution is 5.20. The van der Waals surface area contributed by atoms with Gasteiger partial charge in [0.05, 0.1) is 12.8 Å². The van der Waals surface area contributed by atoms with Crippen LogP contribution in [-0.4, -0.2) is 22.2 Å². The van der Waals surface area contributed by atoms with Crippen LogP contribution >= 0.6 is 0 Å². The van der Waals surface area contributed by atoms with E-state index in [-0.39, 0.29) is 0 Å². The molecule has 2 aromatic rings. The lowest BCUT2D eigenvalue weighted by molar-refractivity contribution is 0.171. The first kappa shape index (κ1) is 13.5. The Morgan fingerprint density at radius 2 is 2.11 bits per heavy atom. The summed E-state index contributed by atoms with van der Waals surface area (Å²) in [4.78, 5) is 8.56. The molecule has 0 aliphatic rings. The Morgan fingerprint density at radius 3 is 2.74 bits per heavy atom. The van der Waals surface area contributed by atoms with Gasteiger partial charge in [-0.15, -0.1) is 0 Å². The van der Waals surface area contributed by atoms with Crippen molar-refractivity contribution >= 4 is 0 Å². The first-order valence-electron chi connectivity index (χ1n) is 6.35. The summed E-state index contributed by atoms with van der Waals surface area (Å²) in [5, 5.41) is 10.2. The number of aromatic nitrogens is 2. The highest BCUT2D eigenvalue weighted by Crippen LogP contribution is 2.18. The van der Waals surface area contributed by atoms with Gasteiger partial charge in [-0.3, -0.25) is 4.98 Å². The third-order valence-corrected chi connectivity index (χ3v) is 2.99. The summed E-state index contributed by atoms with van der Waals surface area (Å²) in [7, 11) is 1.56. The van der Waals surface area contributed by atoms with Crippen molar-refractivity contribution in [2.45, 2.75) is 25.9 Å². The molecule has 4 nitrogen and oxygen atoms in total. The van der Waals surface area contributed by atoms with Crippen LogP contribution in [0.1, 0.15) is 30.0 Å². The molecule has 1 unspecified atom stereocenters. The van der Waals surface area contributed by atoms with E-state index in [1.165, 1.54) is 5.56 Å². The first-order valence-corrected chi connectivity index (χ1v) is 6.35. The van der Waals surface area contributed by atoms with E-state index in [1.54, 1.807) is 19.2 Å². The normalized spacial score (nSPS) is 12.2. The van der Waals surface area contributed by atoms with E-state index in [4.69, 9.17) is 4.74 Å². The number of aryl methyl sites for hydroxylation is 1. The molecule has 2 aromatic heterocycles. The van der Waals surface area contributed by atoms with Crippen LogP contribution in [0.3, 0.4) is 0 Å². The number of hydrogen-bond acceptors (Lipinski definition) is 4. The fraction of sp³-hybridized carbons (Fsp3) is 0.333. The van der Waals surface area contributed by atoms with Crippen LogP contribution in [0.4, 0.5) is 0 Å². The number of ether oxygens (including phenoxy) is 1. The van der Waals surface area contributed by atoms with Crippen LogP contribution in [0, 0.1) is 0 Å². The second kappa shape index (κ2) is 6.29. The van der Waals surface area contributed by atoms with Crippen LogP contribution < -0.4 is 4.74 Å². The van der Waals surface area contributed by atoms with E-state index < -0.39 is 6.10 Å². The quantitative estimate of drug-likeness (QED) is 0.894. The van der Waals surface area contributed by atoms with Gasteiger partial charge >= 0.3 is 0 Å². The number of aliphatic hydroxyl groups is 1. The van der Waals surface area contributed by atoms with Crippen LogP contribution in [0.2, 0.25) is 0 Å². The monoisotopic (exact) mass is 258 g/mol. The number of methoxy groups -OCH3 is 1. The molecule has 0 bridgehead atoms. The molecule has 1 N–H and O–H groups in total. The van der Waals surface area contributed by atoms with Crippen molar-refractivity contribution in [1.82, 2.24) is 9.97 Å². The molecule has 0 aliphatic heterocycles. The second-order valence-electron chi connectivity index (χ2n) is 4.34. The van der Waals surface area contributed by atoms with Gasteiger partial charge in [0.15, 0.2) is 0 Å². The topological polar surface area (TPSA) is 55.2 Å². The molecule has 0 spiro atoms. The highest BCUT2D eigenvalue weighted by Gasteiger charge is 2.11. The number of pyridine rings is 2. The molecule has 0 amide bonds. The van der Waals surface area contributed by atoms with E-state index >= 15 is 0 Å². The molecule has 0 saturated heterocycles. The number of hydrogen-bond donors (Lipinski definition) is 1. The Morgan fingerprint density at radius 1 is 1.26 bits per heavy atom. The summed E-state index contributed by atoms with van der Waals surface area (Å²) in [5.74, 6) is 0.505. The summed E-state index contributed by atoms with van der Waals surface area (Å²) in [6.07, 6.45) is 2.59. The second-order valence-corrected chi connectivity index (χ2v) is 4.34. The lowest BCUT2D eigenvalue weighted by Gasteiger charge is -2.10. The van der Waals surface area contributed by atoms with Crippen molar-refractivity contribution in [1.29, 1.82) is 0 Å². The lowest BCUT2D eigenvalue weighted by Crippen LogP contribution is -2.06. The first-order chi connectivity index (χ1) is 9.22. The largest absolute Gasteiger partial charge is 0.481 e. The molecule has 0 aromatic carbocycles. The molecule has 4 heteroatoms. The lowest BCUT2D eigenvalue weighted by atomic mass is 10.1. The Hall–Kier alpha value is -1.94. The molecule has 0 radical (unpaired) electrons. The van der Waals surface area contributed by atoms with Gasteiger partial charge in [0.25, 0.3) is 0 Å². The van der Waals surface area contributed by atoms with Gasteiger partial charge in [-0.05, 0) is 24.1 Å². The predicted molar refractivity (Wildman–Crippen MR) is 73.1 cm³/mol. The van der Waals surface area contributed by atoms with Gasteiger partial charge < -0.3 is 9.84 Å². The molecule has 1 atom stereocenters. The number of rotatable bonds is 5. The van der Waals surface area contributed by atoms with Crippen LogP contribution in [-0.2, 0) is 12.8 Å². The molecule has 2 rings (SSSR count). The van der Waals surface area contributed by atoms with Crippen molar-refractivity contribution in [2.24, 2.45) is 0 Å². The number of aliphatic hydroxyl groups excluding tert-OH is 1. The molecule has 0 fully saturated rings. The maximum absolute atomic E-state index is 10.2. The molecule has 0 saturated carbocycles. The Bertz CT molecular complexity index is 526. The predicted octanol–water partition coefficient (Wildman–Crippen LogP) is 2.32. The van der Waals surface area contributed by atoms with Gasteiger partial charge in [0, 0.05) is 24.4 Å². The van der Waals surface area contributed by atoms with Gasteiger partial charge in [-0.2, -0.15) is 0 Å². The van der Waals surface area contributed by atoms with Gasteiger partial charge in [0.2, 0.25) is 5.88 Å². The van der Waals surface area contributed by atoms with Crippen molar-refractivity contribution < 1.29 is 9.84 Å². The zero-order valence-corrected chi connectivity index (χ0v) is 11.2. The summed E-state index contributed by atoms with van der Waals surface area (Å²) < 4.78 is 5.05. The molecule has 100 valence electrons. The molecular weight excluding hydrogens is 240 g/mol. The maximum atomic E-state index is 10.2. The maximum Gasteiger partial charge on any atom is 0.213 e. The smallest absolute Gasteiger partial charge is 0.213 e. The average molecular weight is 258 g/mol. The van der Waals surface area contributed by atoms with Crippen LogP contribution in [0.15, 0.2) is 36.5 Å². The Balaban J connectivity index is 2.08. The fourth-order valence-corrected chi connectivity index (χ4v) is 1.82. The molecule has 2 heterocycles. The zero-order valence-electron chi connectivity index (χ0n) is 11.2. The van der Waals surface area contributed by atoms with E-state index in [0.717, 1.165) is 12.1 Å². The summed E-state index contributed by atoms with van der Waals surface area (Å²) in [6.45, 7) is 2.09. The molecule has 0 aliphatic carbocycles. The number of nitrogens with zero attached hydrogens (tertiary/aromatic N) is 2. The third kappa shape index (κ3) is 3.51. The van der Waals surface area contributed by atoms with E-state index in [9.17, 15) is 5.11 Å². The molecular formula is C15H18N2O2. The molecule has 19 heavy (non-hydrogen) atoms. The van der Waals surface area contributed by atoms with Crippen molar-refractivity contribution in [3.63, 3.8) is 0 Å².